The first kappa shape index (κ1) is 11.3. The van der Waals surface area contributed by atoms with Crippen LogP contribution in [-0.2, 0) is 11.3 Å². The monoisotopic (exact) mass is 237 g/mol. The Morgan fingerprint density at radius 3 is 2.79 bits per heavy atom. The number of hydrogen-bond acceptors (Lipinski definition) is 3. The van der Waals surface area contributed by atoms with Crippen molar-refractivity contribution in [3.8, 4) is 0 Å². The van der Waals surface area contributed by atoms with Crippen molar-refractivity contribution in [3.63, 3.8) is 0 Å². The summed E-state index contributed by atoms with van der Waals surface area (Å²) in [5.74, 6) is -1.37. The smallest absolute Gasteiger partial charge is 0.326 e. The van der Waals surface area contributed by atoms with E-state index in [1.807, 2.05) is 0 Å². The van der Waals surface area contributed by atoms with Crippen molar-refractivity contribution in [2.45, 2.75) is 12.1 Å². The van der Waals surface area contributed by atoms with Crippen LogP contribution in [0.1, 0.15) is 0 Å². The second-order valence-corrected chi connectivity index (χ2v) is 3.59. The number of carboxylic acid groups (broad SMARTS) is 1. The van der Waals surface area contributed by atoms with Crippen molar-refractivity contribution < 1.29 is 9.90 Å². The molecule has 0 aliphatic carbocycles. The van der Waals surface area contributed by atoms with Gasteiger partial charge < -0.3 is 15.4 Å². The van der Waals surface area contributed by atoms with E-state index in [0.29, 0.717) is 5.15 Å². The molecule has 0 aliphatic heterocycles. The number of halogens is 2. The molecule has 0 aliphatic rings. The summed E-state index contributed by atoms with van der Waals surface area (Å²) in [7, 11) is 0. The van der Waals surface area contributed by atoms with Crippen molar-refractivity contribution in [3.05, 3.63) is 17.7 Å². The van der Waals surface area contributed by atoms with Crippen LogP contribution in [-0.4, -0.2) is 32.0 Å². The van der Waals surface area contributed by atoms with E-state index in [-0.39, 0.29) is 12.4 Å². The van der Waals surface area contributed by atoms with Gasteiger partial charge in [-0.25, -0.2) is 4.98 Å². The Kier molecular flexibility index (Phi) is 3.36. The number of nitrogens with two attached hydrogens (primary N) is 1. The topological polar surface area (TPSA) is 81.1 Å². The molecule has 1 atom stereocenters. The van der Waals surface area contributed by atoms with Gasteiger partial charge in [-0.15, -0.1) is 11.6 Å². The zero-order chi connectivity index (χ0) is 10.8. The lowest BCUT2D eigenvalue weighted by Crippen LogP contribution is -2.53. The first-order valence-corrected chi connectivity index (χ1v) is 4.65. The fraction of sp³-hybridized carbons (Fsp3) is 0.429. The Balaban J connectivity index is 2.86. The van der Waals surface area contributed by atoms with Gasteiger partial charge >= 0.3 is 5.97 Å². The van der Waals surface area contributed by atoms with Crippen molar-refractivity contribution in [1.82, 2.24) is 9.55 Å². The molecular formula is C7H9Cl2N3O2. The molecule has 1 unspecified atom stereocenters. The van der Waals surface area contributed by atoms with Gasteiger partial charge in [0.05, 0.1) is 24.9 Å². The molecule has 1 aromatic heterocycles. The van der Waals surface area contributed by atoms with Crippen molar-refractivity contribution >= 4 is 29.2 Å². The van der Waals surface area contributed by atoms with Crippen LogP contribution in [0.3, 0.4) is 0 Å². The van der Waals surface area contributed by atoms with Crippen molar-refractivity contribution in [1.29, 1.82) is 0 Å². The summed E-state index contributed by atoms with van der Waals surface area (Å²) in [5, 5.41) is 9.16. The molecule has 0 spiro atoms. The first-order chi connectivity index (χ1) is 6.49. The third-order valence-electron chi connectivity index (χ3n) is 1.78. The van der Waals surface area contributed by atoms with Gasteiger partial charge in [0, 0.05) is 0 Å². The quantitative estimate of drug-likeness (QED) is 0.751. The third-order valence-corrected chi connectivity index (χ3v) is 2.57. The average Bonchev–Trinajstić information content (AvgIpc) is 2.51. The van der Waals surface area contributed by atoms with Gasteiger partial charge in [0.15, 0.2) is 0 Å². The zero-order valence-electron chi connectivity index (χ0n) is 7.15. The highest BCUT2D eigenvalue weighted by Gasteiger charge is 2.34. The lowest BCUT2D eigenvalue weighted by molar-refractivity contribution is -0.143. The summed E-state index contributed by atoms with van der Waals surface area (Å²) in [6.07, 6.45) is 2.80. The van der Waals surface area contributed by atoms with E-state index >= 15 is 0 Å². The second kappa shape index (κ2) is 4.16. The molecule has 1 rings (SSSR count). The Bertz CT molecular complexity index is 341. The second-order valence-electron chi connectivity index (χ2n) is 2.94. The van der Waals surface area contributed by atoms with Gasteiger partial charge in [0.1, 0.15) is 10.7 Å². The largest absolute Gasteiger partial charge is 0.480 e. The van der Waals surface area contributed by atoms with Gasteiger partial charge in [0.2, 0.25) is 0 Å². The van der Waals surface area contributed by atoms with Crippen LogP contribution in [0, 0.1) is 0 Å². The number of alkyl halides is 1. The van der Waals surface area contributed by atoms with Crippen LogP contribution >= 0.6 is 23.2 Å². The van der Waals surface area contributed by atoms with E-state index in [1.54, 1.807) is 0 Å². The number of rotatable bonds is 4. The molecule has 1 aromatic rings. The number of nitrogens with zero attached hydrogens (tertiary/aromatic N) is 2. The Labute approximate surface area is 90.4 Å². The van der Waals surface area contributed by atoms with Gasteiger partial charge in [0.25, 0.3) is 0 Å². The summed E-state index contributed by atoms with van der Waals surface area (Å²) >= 11 is 11.2. The lowest BCUT2D eigenvalue weighted by atomic mass is 10.0. The Hall–Kier alpha value is -0.780. The van der Waals surface area contributed by atoms with Crippen LogP contribution in [0.5, 0.6) is 0 Å². The summed E-state index contributed by atoms with van der Waals surface area (Å²) < 4.78 is 1.43. The van der Waals surface area contributed by atoms with E-state index in [4.69, 9.17) is 34.0 Å². The average molecular weight is 238 g/mol. The lowest BCUT2D eigenvalue weighted by Gasteiger charge is -2.22. The van der Waals surface area contributed by atoms with Crippen LogP contribution < -0.4 is 5.73 Å². The standard InChI is InChI=1S/C7H9Cl2N3O2/c8-2-7(10,6(13)14)3-12-4-11-1-5(12)9/h1,4H,2-3,10H2,(H,13,14). The predicted molar refractivity (Wildman–Crippen MR) is 52.5 cm³/mol. The Morgan fingerprint density at radius 2 is 2.43 bits per heavy atom. The molecule has 1 heterocycles. The minimum absolute atomic E-state index is 0.00926. The summed E-state index contributed by atoms with van der Waals surface area (Å²) in [4.78, 5) is 14.5. The van der Waals surface area contributed by atoms with Crippen molar-refractivity contribution in [2.75, 3.05) is 5.88 Å². The number of hydrogen-bond donors (Lipinski definition) is 2. The molecule has 0 fully saturated rings. The number of aromatic nitrogens is 2. The maximum Gasteiger partial charge on any atom is 0.326 e. The van der Waals surface area contributed by atoms with E-state index in [2.05, 4.69) is 4.98 Å². The maximum atomic E-state index is 10.8. The molecular weight excluding hydrogens is 229 g/mol. The minimum atomic E-state index is -1.52. The van der Waals surface area contributed by atoms with Crippen LogP contribution in [0.4, 0.5) is 0 Å². The van der Waals surface area contributed by atoms with Crippen molar-refractivity contribution in [2.24, 2.45) is 5.73 Å². The molecule has 7 heteroatoms. The van der Waals surface area contributed by atoms with Gasteiger partial charge in [-0.2, -0.15) is 0 Å². The molecule has 0 bridgehead atoms. The minimum Gasteiger partial charge on any atom is -0.480 e. The molecule has 0 radical (unpaired) electrons. The van der Waals surface area contributed by atoms with Gasteiger partial charge in [-0.1, -0.05) is 11.6 Å². The van der Waals surface area contributed by atoms with E-state index < -0.39 is 11.5 Å². The van der Waals surface area contributed by atoms with Crippen LogP contribution in [0.15, 0.2) is 12.5 Å². The van der Waals surface area contributed by atoms with Crippen LogP contribution in [0.25, 0.3) is 0 Å². The number of carboxylic acids is 1. The highest BCUT2D eigenvalue weighted by atomic mass is 35.5. The molecule has 3 N–H and O–H groups in total. The normalized spacial score (nSPS) is 15.1. The predicted octanol–water partition coefficient (Wildman–Crippen LogP) is 0.557. The molecule has 0 amide bonds. The zero-order valence-corrected chi connectivity index (χ0v) is 8.66. The van der Waals surface area contributed by atoms with E-state index in [1.165, 1.54) is 17.1 Å². The maximum absolute atomic E-state index is 10.8. The summed E-state index contributed by atoms with van der Waals surface area (Å²) in [6, 6.07) is 0. The van der Waals surface area contributed by atoms with Gasteiger partial charge in [-0.05, 0) is 0 Å². The number of carbonyl (C=O) groups is 1. The SMILES string of the molecule is NC(CCl)(Cn1cncc1Cl)C(=O)O. The molecule has 78 valence electrons. The van der Waals surface area contributed by atoms with Gasteiger partial charge in [-0.3, -0.25) is 4.79 Å². The fourth-order valence-corrected chi connectivity index (χ4v) is 1.25. The molecule has 5 nitrogen and oxygen atoms in total. The Morgan fingerprint density at radius 1 is 1.79 bits per heavy atom. The molecule has 0 aromatic carbocycles. The molecule has 0 saturated heterocycles. The number of imidazole rings is 1. The highest BCUT2D eigenvalue weighted by Crippen LogP contribution is 2.13. The summed E-state index contributed by atoms with van der Waals surface area (Å²) in [5.41, 5.74) is 4.04. The highest BCUT2D eigenvalue weighted by molar-refractivity contribution is 6.29. The molecule has 14 heavy (non-hydrogen) atoms. The fourth-order valence-electron chi connectivity index (χ4n) is 0.892. The third kappa shape index (κ3) is 2.17. The first-order valence-electron chi connectivity index (χ1n) is 3.73. The number of aliphatic carboxylic acids is 1. The van der Waals surface area contributed by atoms with E-state index in [0.717, 1.165) is 0 Å². The van der Waals surface area contributed by atoms with E-state index in [9.17, 15) is 4.79 Å². The van der Waals surface area contributed by atoms with Crippen LogP contribution in [0.2, 0.25) is 5.15 Å². The summed E-state index contributed by atoms with van der Waals surface area (Å²) in [6.45, 7) is -0.00926. The molecule has 0 saturated carbocycles.